The Morgan fingerprint density at radius 2 is 1.79 bits per heavy atom. The first-order valence-electron chi connectivity index (χ1n) is 9.41. The maximum atomic E-state index is 12.5. The minimum Gasteiger partial charge on any atom is -0.490 e. The number of carbonyl (C=O) groups excluding carboxylic acids is 3. The molecule has 2 N–H and O–H groups in total. The molecule has 0 aliphatic carbocycles. The van der Waals surface area contributed by atoms with Crippen molar-refractivity contribution in [2.24, 2.45) is 0 Å². The van der Waals surface area contributed by atoms with Gasteiger partial charge in [-0.05, 0) is 53.2 Å². The summed E-state index contributed by atoms with van der Waals surface area (Å²) >= 11 is 6.23. The summed E-state index contributed by atoms with van der Waals surface area (Å²) in [7, 11) is 0. The van der Waals surface area contributed by atoms with Crippen LogP contribution in [0, 0.1) is 0 Å². The number of carbonyl (C=O) groups is 3. The first kappa shape index (κ1) is 24.6. The van der Waals surface area contributed by atoms with E-state index in [-0.39, 0.29) is 10.6 Å². The van der Waals surface area contributed by atoms with Crippen molar-refractivity contribution in [3.63, 3.8) is 0 Å². The van der Waals surface area contributed by atoms with Crippen LogP contribution < -0.4 is 20.1 Å². The van der Waals surface area contributed by atoms with Gasteiger partial charge in [-0.2, -0.15) is 0 Å². The van der Waals surface area contributed by atoms with Crippen LogP contribution >= 0.6 is 11.6 Å². The van der Waals surface area contributed by atoms with Crippen molar-refractivity contribution in [3.05, 3.63) is 22.7 Å². The van der Waals surface area contributed by atoms with E-state index in [0.717, 1.165) is 6.42 Å². The summed E-state index contributed by atoms with van der Waals surface area (Å²) in [6, 6.07) is 2.15. The highest BCUT2D eigenvalue weighted by Crippen LogP contribution is 2.37. The molecule has 0 saturated carbocycles. The van der Waals surface area contributed by atoms with E-state index in [0.29, 0.717) is 24.7 Å². The van der Waals surface area contributed by atoms with Crippen molar-refractivity contribution >= 4 is 29.5 Å². The molecule has 1 aromatic rings. The Balaban J connectivity index is 2.87. The molecule has 0 radical (unpaired) electrons. The van der Waals surface area contributed by atoms with E-state index in [1.807, 2.05) is 6.92 Å². The molecule has 0 saturated heterocycles. The van der Waals surface area contributed by atoms with Crippen LogP contribution in [-0.4, -0.2) is 42.8 Å². The molecule has 1 aromatic carbocycles. The Morgan fingerprint density at radius 3 is 2.34 bits per heavy atom. The Morgan fingerprint density at radius 1 is 1.14 bits per heavy atom. The van der Waals surface area contributed by atoms with Crippen molar-refractivity contribution in [1.29, 1.82) is 0 Å². The lowest BCUT2D eigenvalue weighted by Gasteiger charge is -2.21. The summed E-state index contributed by atoms with van der Waals surface area (Å²) in [5, 5.41) is 4.91. The van der Waals surface area contributed by atoms with Crippen LogP contribution in [0.25, 0.3) is 0 Å². The Labute approximate surface area is 176 Å². The number of urea groups is 1. The number of hydrogen-bond donors (Lipinski definition) is 2. The summed E-state index contributed by atoms with van der Waals surface area (Å²) < 4.78 is 16.2. The molecule has 1 rings (SSSR count). The average Bonchev–Trinajstić information content (AvgIpc) is 2.59. The quantitative estimate of drug-likeness (QED) is 0.612. The highest BCUT2D eigenvalue weighted by molar-refractivity contribution is 6.32. The van der Waals surface area contributed by atoms with E-state index in [1.165, 1.54) is 19.1 Å². The number of imide groups is 1. The van der Waals surface area contributed by atoms with E-state index in [9.17, 15) is 14.4 Å². The van der Waals surface area contributed by atoms with Crippen LogP contribution in [0.15, 0.2) is 12.1 Å². The van der Waals surface area contributed by atoms with Crippen molar-refractivity contribution in [2.75, 3.05) is 13.2 Å². The molecule has 0 heterocycles. The van der Waals surface area contributed by atoms with Gasteiger partial charge in [0.05, 0.1) is 23.8 Å². The highest BCUT2D eigenvalue weighted by atomic mass is 35.5. The predicted octanol–water partition coefficient (Wildman–Crippen LogP) is 3.70. The molecule has 0 fully saturated rings. The number of halogens is 1. The van der Waals surface area contributed by atoms with Gasteiger partial charge in [-0.15, -0.1) is 0 Å². The van der Waals surface area contributed by atoms with E-state index < -0.39 is 29.6 Å². The molecule has 29 heavy (non-hydrogen) atoms. The lowest BCUT2D eigenvalue weighted by Crippen LogP contribution is -2.50. The van der Waals surface area contributed by atoms with Crippen molar-refractivity contribution in [2.45, 2.75) is 59.6 Å². The second-order valence-electron chi connectivity index (χ2n) is 7.31. The fourth-order valence-corrected chi connectivity index (χ4v) is 2.43. The Bertz CT molecular complexity index is 745. The largest absolute Gasteiger partial charge is 0.490 e. The molecule has 0 aliphatic heterocycles. The fraction of sp³-hybridized carbons (Fsp3) is 0.550. The predicted molar refractivity (Wildman–Crippen MR) is 110 cm³/mol. The molecular weight excluding hydrogens is 400 g/mol. The Kier molecular flexibility index (Phi) is 9.23. The average molecular weight is 429 g/mol. The third kappa shape index (κ3) is 8.19. The van der Waals surface area contributed by atoms with E-state index in [2.05, 4.69) is 10.6 Å². The zero-order chi connectivity index (χ0) is 22.2. The monoisotopic (exact) mass is 428 g/mol. The van der Waals surface area contributed by atoms with Crippen molar-refractivity contribution in [3.8, 4) is 11.5 Å². The molecule has 0 unspecified atom stereocenters. The number of nitrogens with one attached hydrogen (secondary N) is 2. The third-order valence-electron chi connectivity index (χ3n) is 3.37. The van der Waals surface area contributed by atoms with Crippen LogP contribution in [0.5, 0.6) is 11.5 Å². The molecule has 3 amide bonds. The lowest BCUT2D eigenvalue weighted by molar-refractivity contribution is -0.127. The maximum Gasteiger partial charge on any atom is 0.339 e. The normalized spacial score (nSPS) is 12.0. The second-order valence-corrected chi connectivity index (χ2v) is 7.71. The van der Waals surface area contributed by atoms with Crippen LogP contribution in [-0.2, 0) is 9.53 Å². The molecule has 0 aliphatic rings. The molecule has 1 atom stereocenters. The van der Waals surface area contributed by atoms with Gasteiger partial charge in [-0.25, -0.2) is 9.59 Å². The summed E-state index contributed by atoms with van der Waals surface area (Å²) in [6.07, 6.45) is -0.417. The number of esters is 1. The molecule has 162 valence electrons. The minimum absolute atomic E-state index is 0.0982. The van der Waals surface area contributed by atoms with E-state index in [4.69, 9.17) is 25.8 Å². The molecule has 0 spiro atoms. The first-order chi connectivity index (χ1) is 13.5. The molecule has 9 heteroatoms. The SMILES string of the molecule is CCCOc1c(Cl)cc(C(=O)O[C@H](C)C(=O)NC(=O)NC(C)(C)C)cc1OCC. The standard InChI is InChI=1S/C20H29ClN2O6/c1-7-9-28-16-14(21)10-13(11-15(16)27-8-2)18(25)29-12(3)17(24)22-19(26)23-20(4,5)6/h10-12H,7-9H2,1-6H3,(H2,22,23,24,26)/t12-/m1/s1. The summed E-state index contributed by atoms with van der Waals surface area (Å²) in [6.45, 7) is 11.2. The zero-order valence-corrected chi connectivity index (χ0v) is 18.4. The van der Waals surface area contributed by atoms with Crippen molar-refractivity contribution < 1.29 is 28.6 Å². The van der Waals surface area contributed by atoms with Crippen LogP contribution in [0.1, 0.15) is 58.3 Å². The highest BCUT2D eigenvalue weighted by Gasteiger charge is 2.24. The van der Waals surface area contributed by atoms with Gasteiger partial charge in [0.1, 0.15) is 0 Å². The van der Waals surface area contributed by atoms with Crippen LogP contribution in [0.3, 0.4) is 0 Å². The Hall–Kier alpha value is -2.48. The zero-order valence-electron chi connectivity index (χ0n) is 17.7. The summed E-state index contributed by atoms with van der Waals surface area (Å²) in [5.41, 5.74) is -0.417. The van der Waals surface area contributed by atoms with Gasteiger partial charge >= 0.3 is 12.0 Å². The van der Waals surface area contributed by atoms with Gasteiger partial charge in [-0.1, -0.05) is 18.5 Å². The number of amides is 3. The molecule has 0 bridgehead atoms. The van der Waals surface area contributed by atoms with Gasteiger partial charge in [-0.3, -0.25) is 10.1 Å². The summed E-state index contributed by atoms with van der Waals surface area (Å²) in [5.74, 6) is -0.883. The van der Waals surface area contributed by atoms with Gasteiger partial charge in [0.2, 0.25) is 0 Å². The number of ether oxygens (including phenoxy) is 3. The minimum atomic E-state index is -1.20. The number of rotatable bonds is 8. The van der Waals surface area contributed by atoms with E-state index in [1.54, 1.807) is 27.7 Å². The third-order valence-corrected chi connectivity index (χ3v) is 3.65. The van der Waals surface area contributed by atoms with Gasteiger partial charge in [0, 0.05) is 5.54 Å². The van der Waals surface area contributed by atoms with Crippen LogP contribution in [0.2, 0.25) is 5.02 Å². The molecule has 0 aromatic heterocycles. The maximum absolute atomic E-state index is 12.5. The topological polar surface area (TPSA) is 103 Å². The number of hydrogen-bond acceptors (Lipinski definition) is 6. The number of benzene rings is 1. The molecule has 8 nitrogen and oxygen atoms in total. The van der Waals surface area contributed by atoms with Crippen molar-refractivity contribution in [1.82, 2.24) is 10.6 Å². The smallest absolute Gasteiger partial charge is 0.339 e. The first-order valence-corrected chi connectivity index (χ1v) is 9.79. The van der Waals surface area contributed by atoms with E-state index >= 15 is 0 Å². The van der Waals surface area contributed by atoms with Gasteiger partial charge in [0.25, 0.3) is 5.91 Å². The van der Waals surface area contributed by atoms with Gasteiger partial charge in [0.15, 0.2) is 17.6 Å². The second kappa shape index (κ2) is 10.9. The lowest BCUT2D eigenvalue weighted by atomic mass is 10.1. The van der Waals surface area contributed by atoms with Crippen LogP contribution in [0.4, 0.5) is 4.79 Å². The fourth-order valence-electron chi connectivity index (χ4n) is 2.16. The summed E-state index contributed by atoms with van der Waals surface area (Å²) in [4.78, 5) is 36.3. The molecular formula is C20H29ClN2O6. The van der Waals surface area contributed by atoms with Gasteiger partial charge < -0.3 is 19.5 Å².